The molecule has 17 heavy (non-hydrogen) atoms. The number of rotatable bonds is 4. The Hall–Kier alpha value is -2.04. The zero-order valence-corrected chi connectivity index (χ0v) is 10.1. The van der Waals surface area contributed by atoms with Gasteiger partial charge in [0.05, 0.1) is 0 Å². The molecule has 1 aromatic heterocycles. The van der Waals surface area contributed by atoms with Crippen LogP contribution in [0.25, 0.3) is 0 Å². The molecular weight excluding hydrogens is 216 g/mol. The first-order chi connectivity index (χ1) is 8.22. The van der Waals surface area contributed by atoms with E-state index in [1.807, 2.05) is 36.7 Å². The second-order valence-corrected chi connectivity index (χ2v) is 3.75. The highest BCUT2D eigenvalue weighted by atomic mass is 16.5. The lowest BCUT2D eigenvalue weighted by Crippen LogP contribution is -2.08. The largest absolute Gasteiger partial charge is 0.485 e. The SMILES string of the molecule is CCn1ncnc1COc1cccc(N)c1C. The molecule has 5 heteroatoms. The van der Waals surface area contributed by atoms with Crippen molar-refractivity contribution in [3.05, 3.63) is 35.9 Å². The number of aryl methyl sites for hydroxylation is 1. The second kappa shape index (κ2) is 4.86. The molecule has 5 nitrogen and oxygen atoms in total. The van der Waals surface area contributed by atoms with Crippen molar-refractivity contribution in [3.8, 4) is 5.75 Å². The van der Waals surface area contributed by atoms with Crippen LogP contribution in [0, 0.1) is 6.92 Å². The number of nitrogens with two attached hydrogens (primary N) is 1. The standard InChI is InChI=1S/C12H16N4O/c1-3-16-12(14-8-15-16)7-17-11-6-4-5-10(13)9(11)2/h4-6,8H,3,7,13H2,1-2H3. The molecule has 2 N–H and O–H groups in total. The lowest BCUT2D eigenvalue weighted by Gasteiger charge is -2.10. The molecule has 0 unspecified atom stereocenters. The number of anilines is 1. The van der Waals surface area contributed by atoms with Gasteiger partial charge in [0.15, 0.2) is 5.82 Å². The maximum atomic E-state index is 5.81. The van der Waals surface area contributed by atoms with Crippen LogP contribution in [0.1, 0.15) is 18.3 Å². The van der Waals surface area contributed by atoms with Crippen molar-refractivity contribution in [3.63, 3.8) is 0 Å². The third-order valence-electron chi connectivity index (χ3n) is 2.68. The maximum absolute atomic E-state index is 5.81. The predicted molar refractivity (Wildman–Crippen MR) is 65.6 cm³/mol. The molecule has 0 aliphatic heterocycles. The molecule has 90 valence electrons. The average Bonchev–Trinajstić information content (AvgIpc) is 2.78. The highest BCUT2D eigenvalue weighted by Crippen LogP contribution is 2.23. The van der Waals surface area contributed by atoms with E-state index in [-0.39, 0.29) is 0 Å². The number of ether oxygens (including phenoxy) is 1. The van der Waals surface area contributed by atoms with Crippen LogP contribution in [0.2, 0.25) is 0 Å². The molecule has 1 aromatic carbocycles. The molecule has 1 heterocycles. The molecule has 0 fully saturated rings. The van der Waals surface area contributed by atoms with Crippen LogP contribution in [0.4, 0.5) is 5.69 Å². The topological polar surface area (TPSA) is 66.0 Å². The van der Waals surface area contributed by atoms with E-state index in [4.69, 9.17) is 10.5 Å². The van der Waals surface area contributed by atoms with Crippen LogP contribution in [-0.4, -0.2) is 14.8 Å². The van der Waals surface area contributed by atoms with E-state index >= 15 is 0 Å². The first-order valence-electron chi connectivity index (χ1n) is 5.57. The molecule has 2 rings (SSSR count). The number of aromatic nitrogens is 3. The zero-order valence-electron chi connectivity index (χ0n) is 10.1. The smallest absolute Gasteiger partial charge is 0.164 e. The van der Waals surface area contributed by atoms with Crippen molar-refractivity contribution in [2.45, 2.75) is 27.0 Å². The fourth-order valence-corrected chi connectivity index (χ4v) is 1.59. The molecular formula is C12H16N4O. The van der Waals surface area contributed by atoms with Gasteiger partial charge in [-0.3, -0.25) is 0 Å². The maximum Gasteiger partial charge on any atom is 0.164 e. The molecule has 0 amide bonds. The average molecular weight is 232 g/mol. The normalized spacial score (nSPS) is 10.5. The quantitative estimate of drug-likeness (QED) is 0.816. The summed E-state index contributed by atoms with van der Waals surface area (Å²) in [5.74, 6) is 1.60. The number of hydrogen-bond donors (Lipinski definition) is 1. The minimum atomic E-state index is 0.401. The molecule has 0 aliphatic carbocycles. The van der Waals surface area contributed by atoms with Gasteiger partial charge in [-0.15, -0.1) is 0 Å². The first-order valence-corrected chi connectivity index (χ1v) is 5.57. The number of hydrogen-bond acceptors (Lipinski definition) is 4. The molecule has 0 aliphatic rings. The highest BCUT2D eigenvalue weighted by Gasteiger charge is 2.06. The van der Waals surface area contributed by atoms with Gasteiger partial charge in [-0.1, -0.05) is 6.07 Å². The fourth-order valence-electron chi connectivity index (χ4n) is 1.59. The van der Waals surface area contributed by atoms with Gasteiger partial charge in [0.2, 0.25) is 0 Å². The van der Waals surface area contributed by atoms with Crippen LogP contribution in [-0.2, 0) is 13.2 Å². The Bertz CT molecular complexity index is 507. The van der Waals surface area contributed by atoms with Crippen LogP contribution >= 0.6 is 0 Å². The molecule has 0 radical (unpaired) electrons. The summed E-state index contributed by atoms with van der Waals surface area (Å²) in [4.78, 5) is 4.15. The van der Waals surface area contributed by atoms with E-state index < -0.39 is 0 Å². The minimum Gasteiger partial charge on any atom is -0.485 e. The van der Waals surface area contributed by atoms with Crippen molar-refractivity contribution >= 4 is 5.69 Å². The van der Waals surface area contributed by atoms with Crippen molar-refractivity contribution in [1.82, 2.24) is 14.8 Å². The fraction of sp³-hybridized carbons (Fsp3) is 0.333. The molecule has 0 saturated heterocycles. The second-order valence-electron chi connectivity index (χ2n) is 3.75. The molecule has 2 aromatic rings. The van der Waals surface area contributed by atoms with Crippen LogP contribution in [0.15, 0.2) is 24.5 Å². The van der Waals surface area contributed by atoms with Crippen LogP contribution in [0.5, 0.6) is 5.75 Å². The highest BCUT2D eigenvalue weighted by molar-refractivity contribution is 5.53. The van der Waals surface area contributed by atoms with E-state index in [1.165, 1.54) is 6.33 Å². The van der Waals surface area contributed by atoms with Crippen molar-refractivity contribution in [1.29, 1.82) is 0 Å². The summed E-state index contributed by atoms with van der Waals surface area (Å²) in [6, 6.07) is 5.64. The van der Waals surface area contributed by atoms with Gasteiger partial charge in [0.25, 0.3) is 0 Å². The van der Waals surface area contributed by atoms with E-state index in [1.54, 1.807) is 0 Å². The minimum absolute atomic E-state index is 0.401. The van der Waals surface area contributed by atoms with Gasteiger partial charge in [0.1, 0.15) is 18.7 Å². The van der Waals surface area contributed by atoms with E-state index in [0.717, 1.165) is 29.4 Å². The number of benzene rings is 1. The Morgan fingerprint density at radius 3 is 3.00 bits per heavy atom. The Labute approximate surface area is 100 Å². The molecule has 0 saturated carbocycles. The lowest BCUT2D eigenvalue weighted by molar-refractivity contribution is 0.285. The Morgan fingerprint density at radius 2 is 2.24 bits per heavy atom. The van der Waals surface area contributed by atoms with E-state index in [9.17, 15) is 0 Å². The summed E-state index contributed by atoms with van der Waals surface area (Å²) >= 11 is 0. The van der Waals surface area contributed by atoms with Gasteiger partial charge in [0, 0.05) is 17.8 Å². The van der Waals surface area contributed by atoms with Gasteiger partial charge in [-0.25, -0.2) is 9.67 Å². The van der Waals surface area contributed by atoms with E-state index in [0.29, 0.717) is 6.61 Å². The Kier molecular flexibility index (Phi) is 3.27. The van der Waals surface area contributed by atoms with Gasteiger partial charge in [-0.2, -0.15) is 5.10 Å². The monoisotopic (exact) mass is 232 g/mol. The lowest BCUT2D eigenvalue weighted by atomic mass is 10.2. The number of nitrogens with zero attached hydrogens (tertiary/aromatic N) is 3. The number of nitrogen functional groups attached to an aromatic ring is 1. The van der Waals surface area contributed by atoms with Crippen LogP contribution in [0.3, 0.4) is 0 Å². The summed E-state index contributed by atoms with van der Waals surface area (Å²) in [5.41, 5.74) is 7.50. The van der Waals surface area contributed by atoms with Crippen molar-refractivity contribution in [2.75, 3.05) is 5.73 Å². The molecule has 0 bridgehead atoms. The van der Waals surface area contributed by atoms with Gasteiger partial charge >= 0.3 is 0 Å². The first kappa shape index (κ1) is 11.4. The van der Waals surface area contributed by atoms with Crippen LogP contribution < -0.4 is 10.5 Å². The Morgan fingerprint density at radius 1 is 1.41 bits per heavy atom. The van der Waals surface area contributed by atoms with Gasteiger partial charge < -0.3 is 10.5 Å². The summed E-state index contributed by atoms with van der Waals surface area (Å²) in [5, 5.41) is 4.09. The molecule has 0 spiro atoms. The molecule has 0 atom stereocenters. The Balaban J connectivity index is 2.10. The summed E-state index contributed by atoms with van der Waals surface area (Å²) in [7, 11) is 0. The third kappa shape index (κ3) is 2.38. The summed E-state index contributed by atoms with van der Waals surface area (Å²) in [6.45, 7) is 5.14. The summed E-state index contributed by atoms with van der Waals surface area (Å²) < 4.78 is 7.51. The van der Waals surface area contributed by atoms with Crippen molar-refractivity contribution in [2.24, 2.45) is 0 Å². The van der Waals surface area contributed by atoms with E-state index in [2.05, 4.69) is 10.1 Å². The zero-order chi connectivity index (χ0) is 12.3. The van der Waals surface area contributed by atoms with Gasteiger partial charge in [-0.05, 0) is 26.0 Å². The van der Waals surface area contributed by atoms with Crippen molar-refractivity contribution < 1.29 is 4.74 Å². The summed E-state index contributed by atoms with van der Waals surface area (Å²) in [6.07, 6.45) is 1.54. The predicted octanol–water partition coefficient (Wildman–Crippen LogP) is 1.77. The third-order valence-corrected chi connectivity index (χ3v) is 2.68.